The fraction of sp³-hybridized carbons (Fsp3) is 0.438. The van der Waals surface area contributed by atoms with Crippen LogP contribution >= 0.6 is 0 Å². The van der Waals surface area contributed by atoms with Crippen LogP contribution in [-0.2, 0) is 32.1 Å². The summed E-state index contributed by atoms with van der Waals surface area (Å²) >= 11 is 0. The lowest BCUT2D eigenvalue weighted by Gasteiger charge is -2.25. The highest BCUT2D eigenvalue weighted by Crippen LogP contribution is 2.10. The molecular formula is C32H40N4O4. The average molecular weight is 545 g/mol. The van der Waals surface area contributed by atoms with Crippen molar-refractivity contribution < 1.29 is 19.2 Å². The van der Waals surface area contributed by atoms with Gasteiger partial charge in [-0.25, -0.2) is 0 Å². The second-order valence-corrected chi connectivity index (χ2v) is 10.7. The minimum atomic E-state index is -0.860. The first-order valence-corrected chi connectivity index (χ1v) is 14.0. The summed E-state index contributed by atoms with van der Waals surface area (Å²) in [6.45, 7) is 5.82. The smallest absolute Gasteiger partial charge is 0.243 e. The van der Waals surface area contributed by atoms with Gasteiger partial charge in [-0.15, -0.1) is 0 Å². The van der Waals surface area contributed by atoms with Crippen LogP contribution in [0.4, 0.5) is 0 Å². The van der Waals surface area contributed by atoms with Crippen molar-refractivity contribution in [3.8, 4) is 11.8 Å². The number of benzene rings is 2. The lowest BCUT2D eigenvalue weighted by molar-refractivity contribution is -0.133. The molecule has 8 heteroatoms. The van der Waals surface area contributed by atoms with E-state index in [1.165, 1.54) is 0 Å². The van der Waals surface area contributed by atoms with E-state index in [9.17, 15) is 19.2 Å². The van der Waals surface area contributed by atoms with E-state index in [0.29, 0.717) is 25.8 Å². The third-order valence-corrected chi connectivity index (χ3v) is 6.61. The maximum absolute atomic E-state index is 13.4. The third-order valence-electron chi connectivity index (χ3n) is 6.61. The molecule has 1 aliphatic rings. The summed E-state index contributed by atoms with van der Waals surface area (Å²) in [5, 5.41) is 11.3. The molecule has 0 saturated carbocycles. The van der Waals surface area contributed by atoms with E-state index in [1.54, 1.807) is 6.92 Å². The number of amides is 4. The molecule has 2 aromatic rings. The fourth-order valence-electron chi connectivity index (χ4n) is 4.45. The highest BCUT2D eigenvalue weighted by Gasteiger charge is 2.29. The van der Waals surface area contributed by atoms with Crippen LogP contribution in [0.2, 0.25) is 0 Å². The predicted molar refractivity (Wildman–Crippen MR) is 155 cm³/mol. The molecule has 3 atom stereocenters. The molecule has 2 bridgehead atoms. The van der Waals surface area contributed by atoms with Crippen LogP contribution in [0.1, 0.15) is 69.6 Å². The van der Waals surface area contributed by atoms with Crippen molar-refractivity contribution in [1.82, 2.24) is 21.3 Å². The van der Waals surface area contributed by atoms with Crippen LogP contribution in [0, 0.1) is 17.8 Å². The third kappa shape index (κ3) is 10.2. The van der Waals surface area contributed by atoms with Gasteiger partial charge < -0.3 is 21.3 Å². The van der Waals surface area contributed by atoms with Crippen LogP contribution in [0.25, 0.3) is 0 Å². The molecule has 40 heavy (non-hydrogen) atoms. The van der Waals surface area contributed by atoms with Gasteiger partial charge in [-0.05, 0) is 55.4 Å². The highest BCUT2D eigenvalue weighted by molar-refractivity contribution is 5.94. The van der Waals surface area contributed by atoms with Gasteiger partial charge in [0.25, 0.3) is 0 Å². The van der Waals surface area contributed by atoms with Gasteiger partial charge in [0.1, 0.15) is 18.1 Å². The molecule has 2 aromatic carbocycles. The van der Waals surface area contributed by atoms with Crippen molar-refractivity contribution >= 4 is 23.6 Å². The molecule has 3 rings (SSSR count). The van der Waals surface area contributed by atoms with Gasteiger partial charge in [0, 0.05) is 31.4 Å². The van der Waals surface area contributed by atoms with Gasteiger partial charge in [0.15, 0.2) is 0 Å². The summed E-state index contributed by atoms with van der Waals surface area (Å²) in [7, 11) is 0. The largest absolute Gasteiger partial charge is 0.350 e. The van der Waals surface area contributed by atoms with Crippen molar-refractivity contribution in [3.63, 3.8) is 0 Å². The molecule has 0 fully saturated rings. The van der Waals surface area contributed by atoms with Gasteiger partial charge in [0.05, 0.1) is 0 Å². The van der Waals surface area contributed by atoms with Crippen LogP contribution < -0.4 is 21.3 Å². The number of nitrogens with one attached hydrogen (secondary N) is 4. The van der Waals surface area contributed by atoms with Gasteiger partial charge in [-0.1, -0.05) is 68.2 Å². The lowest BCUT2D eigenvalue weighted by Crippen LogP contribution is -2.56. The van der Waals surface area contributed by atoms with Crippen LogP contribution in [0.15, 0.2) is 54.6 Å². The van der Waals surface area contributed by atoms with Crippen LogP contribution in [-0.4, -0.2) is 41.8 Å². The van der Waals surface area contributed by atoms with Crippen molar-refractivity contribution in [3.05, 3.63) is 71.3 Å². The summed E-state index contributed by atoms with van der Waals surface area (Å²) in [5.74, 6) is 4.95. The minimum Gasteiger partial charge on any atom is -0.350 e. The Morgan fingerprint density at radius 2 is 1.60 bits per heavy atom. The number of hydrogen-bond donors (Lipinski definition) is 4. The van der Waals surface area contributed by atoms with E-state index < -0.39 is 29.9 Å². The van der Waals surface area contributed by atoms with E-state index in [4.69, 9.17) is 0 Å². The number of fused-ring (bicyclic) bond motifs is 2. The van der Waals surface area contributed by atoms with E-state index in [2.05, 4.69) is 33.1 Å². The predicted octanol–water partition coefficient (Wildman–Crippen LogP) is 2.99. The summed E-state index contributed by atoms with van der Waals surface area (Å²) in [6.07, 6.45) is 2.98. The molecule has 0 aliphatic carbocycles. The van der Waals surface area contributed by atoms with E-state index in [-0.39, 0.29) is 30.6 Å². The normalized spacial score (nSPS) is 21.6. The number of hydrogen-bond acceptors (Lipinski definition) is 4. The Labute approximate surface area is 237 Å². The monoisotopic (exact) mass is 544 g/mol. The number of rotatable bonds is 4. The number of carbonyl (C=O) groups excluding carboxylic acids is 4. The maximum Gasteiger partial charge on any atom is 0.243 e. The van der Waals surface area contributed by atoms with Crippen molar-refractivity contribution in [2.75, 3.05) is 0 Å². The minimum absolute atomic E-state index is 0.103. The first-order chi connectivity index (χ1) is 19.2. The maximum atomic E-state index is 13.4. The summed E-state index contributed by atoms with van der Waals surface area (Å²) in [5.41, 5.74) is 2.64. The molecule has 0 aromatic heterocycles. The van der Waals surface area contributed by atoms with Crippen LogP contribution in [0.5, 0.6) is 0 Å². The molecule has 4 amide bonds. The van der Waals surface area contributed by atoms with Crippen molar-refractivity contribution in [2.45, 2.75) is 84.0 Å². The molecule has 212 valence electrons. The fourth-order valence-corrected chi connectivity index (χ4v) is 4.45. The molecule has 0 radical (unpaired) electrons. The van der Waals surface area contributed by atoms with Gasteiger partial charge in [-0.3, -0.25) is 19.2 Å². The average Bonchev–Trinajstić information content (AvgIpc) is 2.92. The van der Waals surface area contributed by atoms with Crippen molar-refractivity contribution in [1.29, 1.82) is 0 Å². The molecule has 1 aliphatic heterocycles. The van der Waals surface area contributed by atoms with Gasteiger partial charge in [0.2, 0.25) is 23.6 Å². The first kappa shape index (κ1) is 30.4. The SMILES string of the molecule is CC(C)CC1NC(=O)C(Cc2ccccc2)NC(=O)CCCCC#Cc2cccc(c2)CNC(=O)[C@H](C)NC1=O. The lowest BCUT2D eigenvalue weighted by atomic mass is 10.0. The highest BCUT2D eigenvalue weighted by atomic mass is 16.2. The molecule has 4 N–H and O–H groups in total. The Kier molecular flexibility index (Phi) is 11.8. The number of carbonyl (C=O) groups is 4. The Bertz CT molecular complexity index is 1230. The molecule has 0 saturated heterocycles. The molecular weight excluding hydrogens is 504 g/mol. The molecule has 2 unspecified atom stereocenters. The van der Waals surface area contributed by atoms with Gasteiger partial charge >= 0.3 is 0 Å². The Balaban J connectivity index is 1.83. The van der Waals surface area contributed by atoms with E-state index in [0.717, 1.165) is 23.1 Å². The first-order valence-electron chi connectivity index (χ1n) is 14.0. The standard InChI is InChI=1S/C32H40N4O4/c1-22(2)18-27-31(39)34-23(3)30(38)33-21-26-16-11-15-24(19-26)12-7-4-5-10-17-29(37)35-28(32(40)36-27)20-25-13-8-6-9-14-25/h6,8-9,11,13-16,19,22-23,27-28H,4-5,10,17-18,20-21H2,1-3H3,(H,33,38)(H,34,39)(H,35,37)(H,36,40)/t23-,27?,28?/m0/s1. The zero-order valence-electron chi connectivity index (χ0n) is 23.6. The quantitative estimate of drug-likeness (QED) is 0.443. The Morgan fingerprint density at radius 3 is 2.35 bits per heavy atom. The summed E-state index contributed by atoms with van der Waals surface area (Å²) in [4.78, 5) is 52.3. The zero-order valence-corrected chi connectivity index (χ0v) is 23.6. The van der Waals surface area contributed by atoms with Gasteiger partial charge in [-0.2, -0.15) is 0 Å². The van der Waals surface area contributed by atoms with Crippen molar-refractivity contribution in [2.24, 2.45) is 5.92 Å². The molecule has 0 spiro atoms. The van der Waals surface area contributed by atoms with E-state index in [1.807, 2.05) is 68.4 Å². The molecule has 1 heterocycles. The zero-order chi connectivity index (χ0) is 28.9. The van der Waals surface area contributed by atoms with Crippen LogP contribution in [0.3, 0.4) is 0 Å². The molecule has 8 nitrogen and oxygen atoms in total. The Morgan fingerprint density at radius 1 is 0.850 bits per heavy atom. The second kappa shape index (κ2) is 15.5. The topological polar surface area (TPSA) is 116 Å². The Hall–Kier alpha value is -4.12. The summed E-state index contributed by atoms with van der Waals surface area (Å²) < 4.78 is 0. The van der Waals surface area contributed by atoms with E-state index >= 15 is 0 Å². The second-order valence-electron chi connectivity index (χ2n) is 10.7. The summed E-state index contributed by atoms with van der Waals surface area (Å²) in [6, 6.07) is 14.5.